The summed E-state index contributed by atoms with van der Waals surface area (Å²) in [5.41, 5.74) is 2.77. The minimum absolute atomic E-state index is 0.0955. The number of ketones is 1. The molecule has 1 aliphatic heterocycles. The highest BCUT2D eigenvalue weighted by atomic mass is 35.5. The first-order valence-corrected chi connectivity index (χ1v) is 10.5. The van der Waals surface area contributed by atoms with Crippen molar-refractivity contribution in [1.82, 2.24) is 9.97 Å². The van der Waals surface area contributed by atoms with E-state index in [0.717, 1.165) is 36.3 Å². The van der Waals surface area contributed by atoms with E-state index in [0.29, 0.717) is 33.6 Å². The van der Waals surface area contributed by atoms with Crippen LogP contribution in [0.5, 0.6) is 0 Å². The summed E-state index contributed by atoms with van der Waals surface area (Å²) in [6.45, 7) is 2.09. The maximum atomic E-state index is 13.0. The summed E-state index contributed by atoms with van der Waals surface area (Å²) < 4.78 is 0. The first-order valence-electron chi connectivity index (χ1n) is 9.14. The average molecular weight is 402 g/mol. The van der Waals surface area contributed by atoms with E-state index in [4.69, 9.17) is 11.6 Å². The molecule has 0 saturated heterocycles. The van der Waals surface area contributed by atoms with Crippen molar-refractivity contribution in [3.05, 3.63) is 62.0 Å². The van der Waals surface area contributed by atoms with Crippen LogP contribution in [-0.4, -0.2) is 21.5 Å². The van der Waals surface area contributed by atoms with Gasteiger partial charge < -0.3 is 10.3 Å². The molecule has 1 atom stereocenters. The summed E-state index contributed by atoms with van der Waals surface area (Å²) >= 11 is 7.57. The fraction of sp³-hybridized carbons (Fsp3) is 0.350. The molecular weight excluding hydrogens is 382 g/mol. The Bertz CT molecular complexity index is 982. The van der Waals surface area contributed by atoms with Gasteiger partial charge in [-0.15, -0.1) is 0 Å². The third kappa shape index (κ3) is 3.44. The molecule has 0 saturated carbocycles. The first-order chi connectivity index (χ1) is 13.1. The van der Waals surface area contributed by atoms with Crippen LogP contribution in [0.15, 0.2) is 45.5 Å². The molecule has 7 heteroatoms. The number of nitrogens with one attached hydrogen (secondary N) is 2. The highest BCUT2D eigenvalue weighted by Crippen LogP contribution is 2.43. The number of hydrogen-bond donors (Lipinski definition) is 2. The molecule has 2 aromatic rings. The van der Waals surface area contributed by atoms with Gasteiger partial charge in [0.05, 0.1) is 5.56 Å². The molecule has 1 unspecified atom stereocenters. The molecule has 0 bridgehead atoms. The Kier molecular flexibility index (Phi) is 5.10. The van der Waals surface area contributed by atoms with Crippen molar-refractivity contribution in [3.63, 3.8) is 0 Å². The second-order valence-electron chi connectivity index (χ2n) is 6.76. The number of aromatic nitrogens is 2. The van der Waals surface area contributed by atoms with Crippen LogP contribution in [0, 0.1) is 0 Å². The molecule has 5 nitrogen and oxygen atoms in total. The standard InChI is InChI=1S/C20H20ClN3O2S/c1-2-10-27-20-23-18-17(19(26)24-20)15(11-6-8-12(21)9-7-11)16-13(22-18)4-3-5-14(16)25/h6-9,15H,2-5,10H2,1H3,(H2,22,23,24,26). The van der Waals surface area contributed by atoms with Crippen LogP contribution >= 0.6 is 23.4 Å². The zero-order chi connectivity index (χ0) is 19.0. The monoisotopic (exact) mass is 401 g/mol. The van der Waals surface area contributed by atoms with Crippen LogP contribution in [0.3, 0.4) is 0 Å². The van der Waals surface area contributed by atoms with Gasteiger partial charge in [-0.25, -0.2) is 4.98 Å². The van der Waals surface area contributed by atoms with Crippen LogP contribution in [0.25, 0.3) is 0 Å². The van der Waals surface area contributed by atoms with Crippen LogP contribution in [0.4, 0.5) is 5.82 Å². The second-order valence-corrected chi connectivity index (χ2v) is 8.28. The van der Waals surface area contributed by atoms with E-state index in [1.807, 2.05) is 12.1 Å². The van der Waals surface area contributed by atoms with E-state index in [-0.39, 0.29) is 11.3 Å². The number of rotatable bonds is 4. The number of Topliss-reactive ketones (excluding diaryl/α,β-unsaturated/α-hetero) is 1. The minimum Gasteiger partial charge on any atom is -0.343 e. The van der Waals surface area contributed by atoms with E-state index in [2.05, 4.69) is 22.2 Å². The highest BCUT2D eigenvalue weighted by Gasteiger charge is 2.37. The van der Waals surface area contributed by atoms with Crippen molar-refractivity contribution >= 4 is 35.0 Å². The molecule has 4 rings (SSSR count). The van der Waals surface area contributed by atoms with Gasteiger partial charge in [-0.2, -0.15) is 0 Å². The second kappa shape index (κ2) is 7.52. The number of carbonyl (C=O) groups is 1. The number of nitrogens with zero attached hydrogens (tertiary/aromatic N) is 1. The largest absolute Gasteiger partial charge is 0.343 e. The Morgan fingerprint density at radius 3 is 2.74 bits per heavy atom. The lowest BCUT2D eigenvalue weighted by Gasteiger charge is -2.32. The fourth-order valence-electron chi connectivity index (χ4n) is 3.70. The summed E-state index contributed by atoms with van der Waals surface area (Å²) in [6, 6.07) is 7.35. The minimum atomic E-state index is -0.414. The summed E-state index contributed by atoms with van der Waals surface area (Å²) in [5, 5.41) is 4.51. The first kappa shape index (κ1) is 18.3. The van der Waals surface area contributed by atoms with Gasteiger partial charge >= 0.3 is 0 Å². The zero-order valence-corrected chi connectivity index (χ0v) is 16.5. The Labute approximate surface area is 166 Å². The van der Waals surface area contributed by atoms with Gasteiger partial charge in [0, 0.05) is 34.4 Å². The molecule has 0 amide bonds. The van der Waals surface area contributed by atoms with Crippen LogP contribution in [-0.2, 0) is 4.79 Å². The molecule has 0 radical (unpaired) electrons. The van der Waals surface area contributed by atoms with E-state index < -0.39 is 5.92 Å². The number of anilines is 1. The third-order valence-corrected chi connectivity index (χ3v) is 6.21. The zero-order valence-electron chi connectivity index (χ0n) is 15.0. The molecule has 2 heterocycles. The summed E-state index contributed by atoms with van der Waals surface area (Å²) in [6.07, 6.45) is 3.11. The van der Waals surface area contributed by atoms with Gasteiger partial charge in [0.25, 0.3) is 5.56 Å². The molecule has 27 heavy (non-hydrogen) atoms. The van der Waals surface area contributed by atoms with Crippen molar-refractivity contribution in [2.45, 2.75) is 43.7 Å². The molecule has 2 N–H and O–H groups in total. The Morgan fingerprint density at radius 1 is 1.22 bits per heavy atom. The van der Waals surface area contributed by atoms with Crippen LogP contribution in [0.2, 0.25) is 5.02 Å². The topological polar surface area (TPSA) is 74.8 Å². The lowest BCUT2D eigenvalue weighted by atomic mass is 9.76. The van der Waals surface area contributed by atoms with Gasteiger partial charge in [-0.05, 0) is 37.0 Å². The van der Waals surface area contributed by atoms with E-state index in [1.54, 1.807) is 12.1 Å². The summed E-state index contributed by atoms with van der Waals surface area (Å²) in [5.74, 6) is 1.13. The van der Waals surface area contributed by atoms with E-state index >= 15 is 0 Å². The summed E-state index contributed by atoms with van der Waals surface area (Å²) in [4.78, 5) is 33.3. The van der Waals surface area contributed by atoms with Gasteiger partial charge in [0.2, 0.25) is 0 Å². The van der Waals surface area contributed by atoms with Gasteiger partial charge in [0.1, 0.15) is 5.82 Å². The normalized spacial score (nSPS) is 18.7. The predicted molar refractivity (Wildman–Crippen MR) is 109 cm³/mol. The number of thioether (sulfide) groups is 1. The quantitative estimate of drug-likeness (QED) is 0.583. The molecule has 2 aliphatic rings. The van der Waals surface area contributed by atoms with Gasteiger partial charge in [-0.1, -0.05) is 42.4 Å². The smallest absolute Gasteiger partial charge is 0.257 e. The predicted octanol–water partition coefficient (Wildman–Crippen LogP) is 4.49. The van der Waals surface area contributed by atoms with Crippen molar-refractivity contribution in [2.24, 2.45) is 0 Å². The number of halogens is 1. The van der Waals surface area contributed by atoms with Crippen molar-refractivity contribution < 1.29 is 4.79 Å². The lowest BCUT2D eigenvalue weighted by Crippen LogP contribution is -2.32. The SMILES string of the molecule is CCCSc1nc2c(c(=O)[nH]1)C(c1ccc(Cl)cc1)C1=C(CCCC1=O)N2. The average Bonchev–Trinajstić information content (AvgIpc) is 2.65. The Hall–Kier alpha value is -2.05. The molecule has 140 valence electrons. The number of hydrogen-bond acceptors (Lipinski definition) is 5. The number of aromatic amines is 1. The Morgan fingerprint density at radius 2 is 2.00 bits per heavy atom. The van der Waals surface area contributed by atoms with Crippen molar-refractivity contribution in [2.75, 3.05) is 11.1 Å². The fourth-order valence-corrected chi connectivity index (χ4v) is 4.54. The molecule has 1 aliphatic carbocycles. The van der Waals surface area contributed by atoms with Crippen LogP contribution < -0.4 is 10.9 Å². The maximum absolute atomic E-state index is 13.0. The Balaban J connectivity index is 1.89. The summed E-state index contributed by atoms with van der Waals surface area (Å²) in [7, 11) is 0. The van der Waals surface area contributed by atoms with Crippen molar-refractivity contribution in [3.8, 4) is 0 Å². The number of fused-ring (bicyclic) bond motifs is 1. The lowest BCUT2D eigenvalue weighted by molar-refractivity contribution is -0.116. The highest BCUT2D eigenvalue weighted by molar-refractivity contribution is 7.99. The number of H-pyrrole nitrogens is 1. The molecular formula is C20H20ClN3O2S. The number of allylic oxidation sites excluding steroid dienone is 2. The number of carbonyl (C=O) groups excluding carboxylic acids is 1. The maximum Gasteiger partial charge on any atom is 0.257 e. The van der Waals surface area contributed by atoms with E-state index in [9.17, 15) is 9.59 Å². The molecule has 1 aromatic carbocycles. The number of benzene rings is 1. The van der Waals surface area contributed by atoms with Crippen LogP contribution in [0.1, 0.15) is 49.7 Å². The van der Waals surface area contributed by atoms with E-state index in [1.165, 1.54) is 11.8 Å². The molecule has 1 aromatic heterocycles. The molecule has 0 spiro atoms. The molecule has 0 fully saturated rings. The van der Waals surface area contributed by atoms with Gasteiger partial charge in [-0.3, -0.25) is 9.59 Å². The van der Waals surface area contributed by atoms with Crippen molar-refractivity contribution in [1.29, 1.82) is 0 Å². The third-order valence-electron chi connectivity index (χ3n) is 4.88. The van der Waals surface area contributed by atoms with Gasteiger partial charge in [0.15, 0.2) is 10.9 Å².